The van der Waals surface area contributed by atoms with Gasteiger partial charge < -0.3 is 15.5 Å². The largest absolute Gasteiger partial charge is 0.481 e. The van der Waals surface area contributed by atoms with E-state index in [2.05, 4.69) is 21.2 Å². The van der Waals surface area contributed by atoms with Gasteiger partial charge in [-0.2, -0.15) is 0 Å². The lowest BCUT2D eigenvalue weighted by molar-refractivity contribution is -0.139. The number of ketones is 1. The van der Waals surface area contributed by atoms with Crippen molar-refractivity contribution in [2.75, 3.05) is 0 Å². The summed E-state index contributed by atoms with van der Waals surface area (Å²) in [5, 5.41) is 19.6. The van der Waals surface area contributed by atoms with Crippen molar-refractivity contribution >= 4 is 39.6 Å². The average Bonchev–Trinajstić information content (AvgIpc) is 2.78. The van der Waals surface area contributed by atoms with Gasteiger partial charge in [-0.3, -0.25) is 19.2 Å². The molecule has 0 aliphatic heterocycles. The number of amides is 1. The van der Waals surface area contributed by atoms with E-state index in [-0.39, 0.29) is 37.0 Å². The number of Topliss-reactive ketones (excluding diaryl/α,β-unsaturated/α-hetero) is 1. The number of rotatable bonds is 12. The van der Waals surface area contributed by atoms with Gasteiger partial charge in [0, 0.05) is 29.3 Å². The summed E-state index contributed by atoms with van der Waals surface area (Å²) < 4.78 is 0.815. The number of carboxylic acids is 2. The first kappa shape index (κ1) is 28.0. The SMILES string of the molecule is CC(NC(=O)CCC(=O)O)c1ccccc1.O=C(O)CCCCCC(=O)c1ccccc1Br. The summed E-state index contributed by atoms with van der Waals surface area (Å²) in [5.41, 5.74) is 1.71. The number of carboxylic acid groups (broad SMARTS) is 2. The summed E-state index contributed by atoms with van der Waals surface area (Å²) in [6.07, 6.45) is 2.71. The van der Waals surface area contributed by atoms with Crippen LogP contribution in [0.25, 0.3) is 0 Å². The normalized spacial score (nSPS) is 11.0. The highest BCUT2D eigenvalue weighted by Crippen LogP contribution is 2.19. The Kier molecular flexibility index (Phi) is 13.4. The molecule has 1 atom stereocenters. The van der Waals surface area contributed by atoms with Crippen LogP contribution in [0.15, 0.2) is 59.1 Å². The molecule has 0 saturated heterocycles. The monoisotopic (exact) mass is 519 g/mol. The second-order valence-corrected chi connectivity index (χ2v) is 8.31. The van der Waals surface area contributed by atoms with Crippen molar-refractivity contribution in [3.8, 4) is 0 Å². The number of nitrogens with one attached hydrogen (secondary N) is 1. The molecule has 1 unspecified atom stereocenters. The van der Waals surface area contributed by atoms with Gasteiger partial charge >= 0.3 is 11.9 Å². The van der Waals surface area contributed by atoms with Gasteiger partial charge in [0.2, 0.25) is 5.91 Å². The number of hydrogen-bond acceptors (Lipinski definition) is 4. The van der Waals surface area contributed by atoms with E-state index in [9.17, 15) is 19.2 Å². The molecule has 0 heterocycles. The van der Waals surface area contributed by atoms with Gasteiger partial charge in [0.05, 0.1) is 12.5 Å². The number of halogens is 1. The molecule has 0 bridgehead atoms. The Morgan fingerprint density at radius 1 is 0.788 bits per heavy atom. The Labute approximate surface area is 202 Å². The van der Waals surface area contributed by atoms with E-state index in [4.69, 9.17) is 10.2 Å². The van der Waals surface area contributed by atoms with Gasteiger partial charge in [0.15, 0.2) is 5.78 Å². The smallest absolute Gasteiger partial charge is 0.303 e. The molecule has 7 nitrogen and oxygen atoms in total. The Balaban J connectivity index is 0.000000331. The van der Waals surface area contributed by atoms with Crippen LogP contribution in [-0.2, 0) is 14.4 Å². The first-order valence-electron chi connectivity index (χ1n) is 10.8. The van der Waals surface area contributed by atoms with Crippen molar-refractivity contribution in [3.63, 3.8) is 0 Å². The van der Waals surface area contributed by atoms with Crippen molar-refractivity contribution < 1.29 is 29.4 Å². The number of carbonyl (C=O) groups excluding carboxylic acids is 2. The van der Waals surface area contributed by atoms with Crippen LogP contribution >= 0.6 is 15.9 Å². The van der Waals surface area contributed by atoms with Crippen molar-refractivity contribution in [1.82, 2.24) is 5.32 Å². The minimum Gasteiger partial charge on any atom is -0.481 e. The number of hydrogen-bond donors (Lipinski definition) is 3. The highest BCUT2D eigenvalue weighted by Gasteiger charge is 2.10. The maximum Gasteiger partial charge on any atom is 0.303 e. The maximum absolute atomic E-state index is 11.8. The molecule has 178 valence electrons. The predicted octanol–water partition coefficient (Wildman–Crippen LogP) is 5.40. The van der Waals surface area contributed by atoms with Crippen molar-refractivity contribution in [1.29, 1.82) is 0 Å². The van der Waals surface area contributed by atoms with Gasteiger partial charge in [0.25, 0.3) is 0 Å². The summed E-state index contributed by atoms with van der Waals surface area (Å²) >= 11 is 3.34. The molecule has 0 aromatic heterocycles. The lowest BCUT2D eigenvalue weighted by atomic mass is 10.0. The highest BCUT2D eigenvalue weighted by atomic mass is 79.9. The molecule has 33 heavy (non-hydrogen) atoms. The zero-order chi connectivity index (χ0) is 24.6. The van der Waals surface area contributed by atoms with Gasteiger partial charge in [-0.25, -0.2) is 0 Å². The number of unbranched alkanes of at least 4 members (excludes halogenated alkanes) is 2. The fraction of sp³-hybridized carbons (Fsp3) is 0.360. The molecule has 0 spiro atoms. The zero-order valence-corrected chi connectivity index (χ0v) is 20.2. The lowest BCUT2D eigenvalue weighted by Crippen LogP contribution is -2.26. The van der Waals surface area contributed by atoms with Crippen molar-refractivity contribution in [3.05, 3.63) is 70.2 Å². The molecule has 0 saturated carbocycles. The fourth-order valence-corrected chi connectivity index (χ4v) is 3.43. The maximum atomic E-state index is 11.8. The van der Waals surface area contributed by atoms with E-state index in [0.29, 0.717) is 18.4 Å². The molecule has 0 fully saturated rings. The second-order valence-electron chi connectivity index (χ2n) is 7.45. The van der Waals surface area contributed by atoms with E-state index in [1.165, 1.54) is 0 Å². The van der Waals surface area contributed by atoms with Crippen LogP contribution in [0.4, 0.5) is 0 Å². The topological polar surface area (TPSA) is 121 Å². The second kappa shape index (κ2) is 15.7. The van der Waals surface area contributed by atoms with Crippen LogP contribution in [0.5, 0.6) is 0 Å². The third-order valence-corrected chi connectivity index (χ3v) is 5.40. The van der Waals surface area contributed by atoms with Gasteiger partial charge in [-0.1, -0.05) is 70.9 Å². The van der Waals surface area contributed by atoms with Crippen molar-refractivity contribution in [2.24, 2.45) is 0 Å². The van der Waals surface area contributed by atoms with Crippen LogP contribution < -0.4 is 5.32 Å². The summed E-state index contributed by atoms with van der Waals surface area (Å²) in [6.45, 7) is 1.87. The van der Waals surface area contributed by atoms with E-state index in [1.807, 2.05) is 55.5 Å². The summed E-state index contributed by atoms with van der Waals surface area (Å²) in [7, 11) is 0. The molecule has 0 radical (unpaired) electrons. The number of aliphatic carboxylic acids is 2. The molecule has 3 N–H and O–H groups in total. The first-order chi connectivity index (χ1) is 15.7. The van der Waals surface area contributed by atoms with Gasteiger partial charge in [-0.15, -0.1) is 0 Å². The number of benzene rings is 2. The van der Waals surface area contributed by atoms with E-state index >= 15 is 0 Å². The predicted molar refractivity (Wildman–Crippen MR) is 129 cm³/mol. The molecular weight excluding hydrogens is 490 g/mol. The van der Waals surface area contributed by atoms with Gasteiger partial charge in [-0.05, 0) is 31.4 Å². The highest BCUT2D eigenvalue weighted by molar-refractivity contribution is 9.10. The molecule has 0 aliphatic rings. The molecular formula is C25H30BrNO6. The Morgan fingerprint density at radius 2 is 1.36 bits per heavy atom. The summed E-state index contributed by atoms with van der Waals surface area (Å²) in [6, 6.07) is 16.8. The minimum absolute atomic E-state index is 0.0203. The van der Waals surface area contributed by atoms with Crippen LogP contribution in [0.1, 0.15) is 73.8 Å². The minimum atomic E-state index is -0.956. The van der Waals surface area contributed by atoms with E-state index < -0.39 is 11.9 Å². The molecule has 8 heteroatoms. The molecule has 2 aromatic rings. The molecule has 2 aromatic carbocycles. The van der Waals surface area contributed by atoms with E-state index in [1.54, 1.807) is 6.07 Å². The Hall–Kier alpha value is -3.00. The molecule has 2 rings (SSSR count). The summed E-state index contributed by atoms with van der Waals surface area (Å²) in [4.78, 5) is 43.7. The van der Waals surface area contributed by atoms with Crippen LogP contribution in [0.3, 0.4) is 0 Å². The Bertz CT molecular complexity index is 916. The zero-order valence-electron chi connectivity index (χ0n) is 18.6. The van der Waals surface area contributed by atoms with Crippen LogP contribution in [0, 0.1) is 0 Å². The fourth-order valence-electron chi connectivity index (χ4n) is 2.92. The Morgan fingerprint density at radius 3 is 1.97 bits per heavy atom. The third-order valence-electron chi connectivity index (χ3n) is 4.71. The lowest BCUT2D eigenvalue weighted by Gasteiger charge is -2.13. The van der Waals surface area contributed by atoms with Gasteiger partial charge in [0.1, 0.15) is 0 Å². The summed E-state index contributed by atoms with van der Waals surface area (Å²) in [5.74, 6) is -1.86. The average molecular weight is 520 g/mol. The third kappa shape index (κ3) is 12.6. The first-order valence-corrected chi connectivity index (χ1v) is 11.6. The number of carbonyl (C=O) groups is 4. The standard InChI is InChI=1S/C13H15BrO3.C12H15NO3/c14-11-7-5-4-6-10(11)12(15)8-2-1-3-9-13(16)17;1-9(10-5-3-2-4-6-10)13-11(14)7-8-12(15)16/h4-7H,1-3,8-9H2,(H,16,17);2-6,9H,7-8H2,1H3,(H,13,14)(H,15,16). The van der Waals surface area contributed by atoms with Crippen molar-refractivity contribution in [2.45, 2.75) is 57.9 Å². The quantitative estimate of drug-likeness (QED) is 0.255. The van der Waals surface area contributed by atoms with E-state index in [0.717, 1.165) is 22.9 Å². The van der Waals surface area contributed by atoms with Crippen LogP contribution in [0.2, 0.25) is 0 Å². The molecule has 0 aliphatic carbocycles. The van der Waals surface area contributed by atoms with Crippen LogP contribution in [-0.4, -0.2) is 33.8 Å². The molecule has 1 amide bonds.